The first-order valence-corrected chi connectivity index (χ1v) is 9.12. The SMILES string of the molecule is CCCNCc1ccc(-c2noc(-c3ccc(OCC[18F])c(C#N)c3)n2)cc1. The predicted molar refractivity (Wildman–Crippen MR) is 103 cm³/mol. The zero-order valence-electron chi connectivity index (χ0n) is 15.6. The molecule has 0 aliphatic rings. The van der Waals surface area contributed by atoms with Crippen LogP contribution < -0.4 is 10.1 Å². The van der Waals surface area contributed by atoms with Gasteiger partial charge in [0.05, 0.1) is 5.56 Å². The van der Waals surface area contributed by atoms with Crippen LogP contribution >= 0.6 is 0 Å². The fourth-order valence-electron chi connectivity index (χ4n) is 2.66. The number of nitrogens with one attached hydrogen (secondary N) is 1. The van der Waals surface area contributed by atoms with Gasteiger partial charge in [0.25, 0.3) is 5.89 Å². The number of halogens is 1. The summed E-state index contributed by atoms with van der Waals surface area (Å²) in [4.78, 5) is 4.42. The van der Waals surface area contributed by atoms with E-state index in [0.717, 1.165) is 25.1 Å². The van der Waals surface area contributed by atoms with Gasteiger partial charge in [0.2, 0.25) is 5.82 Å². The molecule has 0 saturated carbocycles. The topological polar surface area (TPSA) is 84.0 Å². The van der Waals surface area contributed by atoms with E-state index in [1.54, 1.807) is 18.2 Å². The summed E-state index contributed by atoms with van der Waals surface area (Å²) in [6, 6.07) is 14.9. The molecule has 3 rings (SSSR count). The third-order valence-electron chi connectivity index (χ3n) is 4.08. The first kappa shape index (κ1) is 19.5. The minimum atomic E-state index is -0.618. The quantitative estimate of drug-likeness (QED) is 0.563. The Bertz CT molecular complexity index is 948. The first-order valence-electron chi connectivity index (χ1n) is 9.12. The monoisotopic (exact) mass is 379 g/mol. The Labute approximate surface area is 163 Å². The lowest BCUT2D eigenvalue weighted by molar-refractivity contribution is 0.272. The number of aromatic nitrogens is 2. The number of benzene rings is 2. The second kappa shape index (κ2) is 9.62. The molecule has 7 heteroatoms. The summed E-state index contributed by atoms with van der Waals surface area (Å²) >= 11 is 0. The molecule has 0 spiro atoms. The molecule has 0 saturated heterocycles. The Morgan fingerprint density at radius 2 is 1.96 bits per heavy atom. The van der Waals surface area contributed by atoms with Crippen molar-refractivity contribution in [1.82, 2.24) is 15.5 Å². The molecule has 0 atom stereocenters. The van der Waals surface area contributed by atoms with Crippen LogP contribution in [-0.4, -0.2) is 30.0 Å². The minimum absolute atomic E-state index is 0.0946. The molecule has 0 radical (unpaired) electrons. The lowest BCUT2D eigenvalue weighted by Crippen LogP contribution is -2.13. The van der Waals surface area contributed by atoms with Crippen molar-refractivity contribution in [2.45, 2.75) is 19.9 Å². The summed E-state index contributed by atoms with van der Waals surface area (Å²) in [6.45, 7) is 3.22. The summed E-state index contributed by atoms with van der Waals surface area (Å²) in [5, 5.41) is 16.7. The standard InChI is InChI=1S/C21H21FN4O2/c1-2-10-24-14-15-3-5-16(6-4-15)20-25-21(28-26-20)17-7-8-19(27-11-9-22)18(12-17)13-23/h3-8,12,24H,2,9-11,14H2,1H3/i22-1. The van der Waals surface area contributed by atoms with Crippen LogP contribution in [0.4, 0.5) is 4.39 Å². The smallest absolute Gasteiger partial charge is 0.258 e. The molecule has 0 unspecified atom stereocenters. The number of hydrogen-bond acceptors (Lipinski definition) is 6. The number of nitrogens with zero attached hydrogens (tertiary/aromatic N) is 3. The fourth-order valence-corrected chi connectivity index (χ4v) is 2.66. The number of alkyl halides is 1. The summed E-state index contributed by atoms with van der Waals surface area (Å²) in [5.41, 5.74) is 2.92. The number of hydrogen-bond donors (Lipinski definition) is 1. The molecule has 1 aromatic heterocycles. The Morgan fingerprint density at radius 3 is 2.68 bits per heavy atom. The summed E-state index contributed by atoms with van der Waals surface area (Å²) in [6.07, 6.45) is 1.10. The maximum absolute atomic E-state index is 12.3. The van der Waals surface area contributed by atoms with Crippen molar-refractivity contribution in [1.29, 1.82) is 5.26 Å². The Morgan fingerprint density at radius 1 is 1.18 bits per heavy atom. The summed E-state index contributed by atoms with van der Waals surface area (Å²) in [5.74, 6) is 1.10. The highest BCUT2D eigenvalue weighted by Crippen LogP contribution is 2.27. The maximum Gasteiger partial charge on any atom is 0.258 e. The van der Waals surface area contributed by atoms with Crippen LogP contribution in [0, 0.1) is 11.3 Å². The van der Waals surface area contributed by atoms with Crippen LogP contribution in [-0.2, 0) is 6.54 Å². The van der Waals surface area contributed by atoms with Crippen LogP contribution in [0.3, 0.4) is 0 Å². The van der Waals surface area contributed by atoms with Crippen LogP contribution in [0.5, 0.6) is 5.75 Å². The van der Waals surface area contributed by atoms with Crippen LogP contribution in [0.25, 0.3) is 22.8 Å². The van der Waals surface area contributed by atoms with Gasteiger partial charge in [0, 0.05) is 17.7 Å². The van der Waals surface area contributed by atoms with Crippen LogP contribution in [0.1, 0.15) is 24.5 Å². The van der Waals surface area contributed by atoms with E-state index in [9.17, 15) is 9.65 Å². The molecule has 0 fully saturated rings. The molecule has 144 valence electrons. The number of nitriles is 1. The van der Waals surface area contributed by atoms with Crippen molar-refractivity contribution in [3.8, 4) is 34.7 Å². The predicted octanol–water partition coefficient (Wildman–Crippen LogP) is 4.12. The van der Waals surface area contributed by atoms with Crippen molar-refractivity contribution in [3.63, 3.8) is 0 Å². The summed E-state index contributed by atoms with van der Waals surface area (Å²) < 4.78 is 22.9. The minimum Gasteiger partial charge on any atom is -0.489 e. The van der Waals surface area contributed by atoms with E-state index in [1.165, 1.54) is 5.56 Å². The van der Waals surface area contributed by atoms with Gasteiger partial charge in [0.1, 0.15) is 25.1 Å². The van der Waals surface area contributed by atoms with Gasteiger partial charge in [-0.3, -0.25) is 0 Å². The molecule has 2 aromatic carbocycles. The normalized spacial score (nSPS) is 10.6. The first-order chi connectivity index (χ1) is 13.7. The molecule has 1 heterocycles. The van der Waals surface area contributed by atoms with E-state index in [1.807, 2.05) is 30.3 Å². The van der Waals surface area contributed by atoms with Gasteiger partial charge in [-0.15, -0.1) is 0 Å². The van der Waals surface area contributed by atoms with Crippen molar-refractivity contribution >= 4 is 0 Å². The average molecular weight is 379 g/mol. The zero-order valence-corrected chi connectivity index (χ0v) is 15.6. The van der Waals surface area contributed by atoms with E-state index in [-0.39, 0.29) is 12.2 Å². The molecule has 0 amide bonds. The number of rotatable bonds is 9. The fraction of sp³-hybridized carbons (Fsp3) is 0.286. The van der Waals surface area contributed by atoms with E-state index in [2.05, 4.69) is 22.4 Å². The van der Waals surface area contributed by atoms with E-state index < -0.39 is 6.67 Å². The van der Waals surface area contributed by atoms with Crippen molar-refractivity contribution < 1.29 is 13.7 Å². The van der Waals surface area contributed by atoms with Crippen molar-refractivity contribution in [2.75, 3.05) is 19.8 Å². The van der Waals surface area contributed by atoms with Crippen molar-refractivity contribution in [3.05, 3.63) is 53.6 Å². The van der Waals surface area contributed by atoms with Gasteiger partial charge in [-0.05, 0) is 36.7 Å². The lowest BCUT2D eigenvalue weighted by atomic mass is 10.1. The highest BCUT2D eigenvalue weighted by molar-refractivity contribution is 5.63. The molecule has 1 N–H and O–H groups in total. The Balaban J connectivity index is 1.76. The third kappa shape index (κ3) is 4.72. The van der Waals surface area contributed by atoms with Gasteiger partial charge in [-0.1, -0.05) is 36.3 Å². The van der Waals surface area contributed by atoms with Crippen LogP contribution in [0.15, 0.2) is 47.0 Å². The molecule has 0 aliphatic carbocycles. The van der Waals surface area contributed by atoms with Gasteiger partial charge in [0.15, 0.2) is 0 Å². The highest BCUT2D eigenvalue weighted by atomic mass is 18.2. The molecule has 28 heavy (non-hydrogen) atoms. The maximum atomic E-state index is 12.3. The second-order valence-electron chi connectivity index (χ2n) is 6.16. The van der Waals surface area contributed by atoms with Gasteiger partial charge < -0.3 is 14.6 Å². The largest absolute Gasteiger partial charge is 0.489 e. The van der Waals surface area contributed by atoms with Gasteiger partial charge in [-0.2, -0.15) is 10.2 Å². The average Bonchev–Trinajstić information content (AvgIpc) is 3.23. The molecular formula is C21H21FN4O2. The molecule has 6 nitrogen and oxygen atoms in total. The zero-order chi connectivity index (χ0) is 19.8. The third-order valence-corrected chi connectivity index (χ3v) is 4.08. The molecule has 0 aliphatic heterocycles. The number of ether oxygens (including phenoxy) is 1. The van der Waals surface area contributed by atoms with Crippen LogP contribution in [0.2, 0.25) is 0 Å². The highest BCUT2D eigenvalue weighted by Gasteiger charge is 2.13. The Kier molecular flexibility index (Phi) is 6.71. The molecular weight excluding hydrogens is 358 g/mol. The lowest BCUT2D eigenvalue weighted by Gasteiger charge is -2.06. The summed E-state index contributed by atoms with van der Waals surface area (Å²) in [7, 11) is 0. The second-order valence-corrected chi connectivity index (χ2v) is 6.16. The molecule has 3 aromatic rings. The van der Waals surface area contributed by atoms with E-state index in [0.29, 0.717) is 23.0 Å². The van der Waals surface area contributed by atoms with E-state index in [4.69, 9.17) is 9.26 Å². The van der Waals surface area contributed by atoms with E-state index >= 15 is 0 Å². The molecule has 0 bridgehead atoms. The van der Waals surface area contributed by atoms with Gasteiger partial charge in [-0.25, -0.2) is 4.39 Å². The van der Waals surface area contributed by atoms with Crippen molar-refractivity contribution in [2.24, 2.45) is 0 Å². The Hall–Kier alpha value is -3.24. The van der Waals surface area contributed by atoms with Gasteiger partial charge >= 0.3 is 0 Å².